The van der Waals surface area contributed by atoms with E-state index in [-0.39, 0.29) is 6.04 Å². The molecule has 0 spiro atoms. The molecule has 0 amide bonds. The Bertz CT molecular complexity index is 503. The van der Waals surface area contributed by atoms with Crippen LogP contribution in [-0.2, 0) is 19.4 Å². The van der Waals surface area contributed by atoms with Crippen molar-refractivity contribution in [2.45, 2.75) is 31.8 Å². The number of hydrogen-bond acceptors (Lipinski definition) is 3. The second kappa shape index (κ2) is 4.30. The van der Waals surface area contributed by atoms with Gasteiger partial charge in [0.1, 0.15) is 11.6 Å². The summed E-state index contributed by atoms with van der Waals surface area (Å²) in [5, 5.41) is 8.53. The molecule has 3 rings (SSSR count). The number of hydrogen-bond donors (Lipinski definition) is 1. The molecule has 0 aliphatic carbocycles. The van der Waals surface area contributed by atoms with Crippen LogP contribution >= 0.6 is 0 Å². The molecule has 1 aromatic heterocycles. The fourth-order valence-electron chi connectivity index (χ4n) is 2.32. The lowest BCUT2D eigenvalue weighted by Crippen LogP contribution is -2.32. The second-order valence-electron chi connectivity index (χ2n) is 4.60. The minimum absolute atomic E-state index is 0.244. The predicted molar refractivity (Wildman–Crippen MR) is 65.6 cm³/mol. The minimum Gasteiger partial charge on any atom is -0.326 e. The lowest BCUT2D eigenvalue weighted by molar-refractivity contribution is 0.445. The van der Waals surface area contributed by atoms with E-state index in [0.29, 0.717) is 0 Å². The molecule has 1 atom stereocenters. The monoisotopic (exact) mass is 228 g/mol. The van der Waals surface area contributed by atoms with Crippen molar-refractivity contribution in [3.8, 4) is 0 Å². The van der Waals surface area contributed by atoms with E-state index in [0.717, 1.165) is 37.5 Å². The highest BCUT2D eigenvalue weighted by Gasteiger charge is 2.20. The Hall–Kier alpha value is -1.68. The molecule has 1 aromatic carbocycles. The molecule has 1 aliphatic rings. The molecule has 2 N–H and O–H groups in total. The molecule has 4 nitrogen and oxygen atoms in total. The molecule has 2 aromatic rings. The van der Waals surface area contributed by atoms with Crippen LogP contribution in [0, 0.1) is 0 Å². The molecule has 4 heteroatoms. The van der Waals surface area contributed by atoms with E-state index >= 15 is 0 Å². The summed E-state index contributed by atoms with van der Waals surface area (Å²) in [5.41, 5.74) is 7.26. The number of aromatic nitrogens is 3. The van der Waals surface area contributed by atoms with Gasteiger partial charge in [-0.3, -0.25) is 0 Å². The van der Waals surface area contributed by atoms with E-state index in [1.165, 1.54) is 5.56 Å². The fraction of sp³-hybridized carbons (Fsp3) is 0.385. The molecule has 0 fully saturated rings. The quantitative estimate of drug-likeness (QED) is 0.838. The van der Waals surface area contributed by atoms with Gasteiger partial charge in [-0.2, -0.15) is 0 Å². The molecule has 0 radical (unpaired) electrons. The molecular formula is C13H16N4. The number of benzene rings is 1. The molecule has 2 heterocycles. The van der Waals surface area contributed by atoms with Crippen LogP contribution in [0.4, 0.5) is 0 Å². The van der Waals surface area contributed by atoms with Gasteiger partial charge in [0, 0.05) is 25.4 Å². The number of aryl methyl sites for hydroxylation is 1. The number of fused-ring (bicyclic) bond motifs is 1. The molecule has 1 aliphatic heterocycles. The van der Waals surface area contributed by atoms with Crippen molar-refractivity contribution < 1.29 is 0 Å². The lowest BCUT2D eigenvalue weighted by Gasteiger charge is -2.20. The van der Waals surface area contributed by atoms with Crippen LogP contribution in [0.1, 0.15) is 23.6 Å². The maximum absolute atomic E-state index is 5.99. The van der Waals surface area contributed by atoms with Crippen molar-refractivity contribution in [2.24, 2.45) is 5.73 Å². The van der Waals surface area contributed by atoms with Crippen LogP contribution in [0.2, 0.25) is 0 Å². The third kappa shape index (κ3) is 2.08. The van der Waals surface area contributed by atoms with E-state index in [1.807, 2.05) is 6.07 Å². The van der Waals surface area contributed by atoms with Crippen molar-refractivity contribution in [2.75, 3.05) is 0 Å². The minimum atomic E-state index is 0.244. The summed E-state index contributed by atoms with van der Waals surface area (Å²) in [4.78, 5) is 0. The van der Waals surface area contributed by atoms with Gasteiger partial charge in [-0.25, -0.2) is 0 Å². The lowest BCUT2D eigenvalue weighted by atomic mass is 10.1. The van der Waals surface area contributed by atoms with Crippen LogP contribution in [0.15, 0.2) is 30.3 Å². The van der Waals surface area contributed by atoms with Gasteiger partial charge in [0.25, 0.3) is 0 Å². The summed E-state index contributed by atoms with van der Waals surface area (Å²) in [6.07, 6.45) is 2.80. The van der Waals surface area contributed by atoms with Gasteiger partial charge in [-0.1, -0.05) is 30.3 Å². The first-order valence-corrected chi connectivity index (χ1v) is 6.03. The second-order valence-corrected chi connectivity index (χ2v) is 4.60. The Kier molecular flexibility index (Phi) is 2.65. The standard InChI is InChI=1S/C13H16N4/c14-11-6-7-12-15-16-13(17(12)9-11)8-10-4-2-1-3-5-10/h1-5,11H,6-9,14H2. The smallest absolute Gasteiger partial charge is 0.137 e. The van der Waals surface area contributed by atoms with Crippen molar-refractivity contribution in [1.29, 1.82) is 0 Å². The first-order valence-electron chi connectivity index (χ1n) is 6.03. The van der Waals surface area contributed by atoms with Crippen LogP contribution < -0.4 is 5.73 Å². The molecule has 88 valence electrons. The van der Waals surface area contributed by atoms with E-state index in [1.54, 1.807) is 0 Å². The normalized spacial score (nSPS) is 19.0. The van der Waals surface area contributed by atoms with E-state index in [9.17, 15) is 0 Å². The van der Waals surface area contributed by atoms with E-state index < -0.39 is 0 Å². The third-order valence-electron chi connectivity index (χ3n) is 3.26. The SMILES string of the molecule is NC1CCc2nnc(Cc3ccccc3)n2C1. The average Bonchev–Trinajstić information content (AvgIpc) is 2.73. The number of rotatable bonds is 2. The topological polar surface area (TPSA) is 56.7 Å². The van der Waals surface area contributed by atoms with Gasteiger partial charge >= 0.3 is 0 Å². The van der Waals surface area contributed by atoms with E-state index in [2.05, 4.69) is 39.0 Å². The highest BCUT2D eigenvalue weighted by molar-refractivity contribution is 5.19. The molecule has 0 saturated carbocycles. The van der Waals surface area contributed by atoms with Gasteiger partial charge in [0.05, 0.1) is 0 Å². The molecule has 0 bridgehead atoms. The summed E-state index contributed by atoms with van der Waals surface area (Å²) < 4.78 is 2.18. The van der Waals surface area contributed by atoms with Gasteiger partial charge < -0.3 is 10.3 Å². The zero-order chi connectivity index (χ0) is 11.7. The maximum Gasteiger partial charge on any atom is 0.137 e. The summed E-state index contributed by atoms with van der Waals surface area (Å²) in [5.74, 6) is 2.11. The highest BCUT2D eigenvalue weighted by Crippen LogP contribution is 2.16. The molecule has 1 unspecified atom stereocenters. The fourth-order valence-corrected chi connectivity index (χ4v) is 2.32. The van der Waals surface area contributed by atoms with Gasteiger partial charge in [0.2, 0.25) is 0 Å². The van der Waals surface area contributed by atoms with Crippen LogP contribution in [0.3, 0.4) is 0 Å². The molecule has 17 heavy (non-hydrogen) atoms. The van der Waals surface area contributed by atoms with Gasteiger partial charge in [0.15, 0.2) is 0 Å². The number of nitrogens with zero attached hydrogens (tertiary/aromatic N) is 3. The molecule has 0 saturated heterocycles. The zero-order valence-electron chi connectivity index (χ0n) is 9.71. The zero-order valence-corrected chi connectivity index (χ0v) is 9.71. The highest BCUT2D eigenvalue weighted by atomic mass is 15.3. The maximum atomic E-state index is 5.99. The van der Waals surface area contributed by atoms with Gasteiger partial charge in [-0.05, 0) is 12.0 Å². The summed E-state index contributed by atoms with van der Waals surface area (Å²) in [7, 11) is 0. The average molecular weight is 228 g/mol. The van der Waals surface area contributed by atoms with Crippen molar-refractivity contribution in [3.63, 3.8) is 0 Å². The van der Waals surface area contributed by atoms with Crippen LogP contribution in [0.5, 0.6) is 0 Å². The summed E-state index contributed by atoms with van der Waals surface area (Å²) in [6.45, 7) is 0.852. The first kappa shape index (κ1) is 10.5. The Morgan fingerprint density at radius 3 is 2.88 bits per heavy atom. The first-order chi connectivity index (χ1) is 8.33. The van der Waals surface area contributed by atoms with Crippen molar-refractivity contribution in [3.05, 3.63) is 47.5 Å². The molecular weight excluding hydrogens is 212 g/mol. The van der Waals surface area contributed by atoms with Crippen molar-refractivity contribution >= 4 is 0 Å². The van der Waals surface area contributed by atoms with Crippen LogP contribution in [-0.4, -0.2) is 20.8 Å². The van der Waals surface area contributed by atoms with Crippen molar-refractivity contribution in [1.82, 2.24) is 14.8 Å². The van der Waals surface area contributed by atoms with Crippen LogP contribution in [0.25, 0.3) is 0 Å². The largest absolute Gasteiger partial charge is 0.326 e. The number of nitrogens with two attached hydrogens (primary N) is 1. The Morgan fingerprint density at radius 1 is 1.24 bits per heavy atom. The summed E-state index contributed by atoms with van der Waals surface area (Å²) >= 11 is 0. The van der Waals surface area contributed by atoms with Gasteiger partial charge in [-0.15, -0.1) is 10.2 Å². The third-order valence-corrected chi connectivity index (χ3v) is 3.26. The summed E-state index contributed by atoms with van der Waals surface area (Å²) in [6, 6.07) is 10.6. The Labute approximate surface area is 100 Å². The predicted octanol–water partition coefficient (Wildman–Crippen LogP) is 1.14. The Balaban J connectivity index is 1.87. The van der Waals surface area contributed by atoms with E-state index in [4.69, 9.17) is 5.73 Å². The Morgan fingerprint density at radius 2 is 2.06 bits per heavy atom.